The summed E-state index contributed by atoms with van der Waals surface area (Å²) in [6.07, 6.45) is 16.2. The van der Waals surface area contributed by atoms with Crippen LogP contribution in [0, 0.1) is 0 Å². The normalized spacial score (nSPS) is 12.8. The van der Waals surface area contributed by atoms with Crippen LogP contribution in [0.5, 0.6) is 0 Å². The van der Waals surface area contributed by atoms with E-state index < -0.39 is 0 Å². The number of fused-ring (bicyclic) bond motifs is 1. The van der Waals surface area contributed by atoms with Gasteiger partial charge >= 0.3 is 0 Å². The number of nitrogen functional groups attached to an aromatic ring is 1. The van der Waals surface area contributed by atoms with Gasteiger partial charge in [0.2, 0.25) is 0 Å². The van der Waals surface area contributed by atoms with Crippen molar-refractivity contribution in [3.8, 4) is 0 Å². The summed E-state index contributed by atoms with van der Waals surface area (Å²) in [6.45, 7) is 4.51. The first-order valence-corrected chi connectivity index (χ1v) is 9.20. The van der Waals surface area contributed by atoms with Crippen LogP contribution in [0.2, 0.25) is 0 Å². The molecular formula is C18H31N5. The van der Waals surface area contributed by atoms with Crippen molar-refractivity contribution in [2.75, 3.05) is 5.73 Å². The van der Waals surface area contributed by atoms with E-state index in [9.17, 15) is 0 Å². The molecule has 2 heterocycles. The second kappa shape index (κ2) is 9.48. The number of rotatable bonds is 11. The van der Waals surface area contributed by atoms with Crippen molar-refractivity contribution in [2.45, 2.75) is 84.1 Å². The predicted octanol–water partition coefficient (Wildman–Crippen LogP) is 4.89. The fourth-order valence-electron chi connectivity index (χ4n) is 3.17. The third-order valence-corrected chi connectivity index (χ3v) is 4.56. The molecule has 0 aromatic carbocycles. The lowest BCUT2D eigenvalue weighted by Crippen LogP contribution is -2.09. The number of nitrogens with zero attached hydrogens (tertiary/aromatic N) is 4. The van der Waals surface area contributed by atoms with Crippen molar-refractivity contribution < 1.29 is 0 Å². The molecule has 0 saturated carbocycles. The molecule has 0 spiro atoms. The maximum Gasteiger partial charge on any atom is 0.165 e. The lowest BCUT2D eigenvalue weighted by atomic mass is 10.0. The zero-order valence-corrected chi connectivity index (χ0v) is 14.7. The molecule has 128 valence electrons. The van der Waals surface area contributed by atoms with Crippen LogP contribution < -0.4 is 5.73 Å². The van der Waals surface area contributed by atoms with E-state index in [-0.39, 0.29) is 0 Å². The summed E-state index contributed by atoms with van der Waals surface area (Å²) in [4.78, 5) is 12.9. The Morgan fingerprint density at radius 1 is 0.913 bits per heavy atom. The Balaban J connectivity index is 2.06. The molecule has 0 saturated heterocycles. The molecule has 1 atom stereocenters. The van der Waals surface area contributed by atoms with Gasteiger partial charge < -0.3 is 10.3 Å². The second-order valence-corrected chi connectivity index (χ2v) is 6.44. The van der Waals surface area contributed by atoms with E-state index in [1.165, 1.54) is 64.2 Å². The summed E-state index contributed by atoms with van der Waals surface area (Å²) >= 11 is 0. The van der Waals surface area contributed by atoms with Gasteiger partial charge in [-0.3, -0.25) is 0 Å². The predicted molar refractivity (Wildman–Crippen MR) is 96.3 cm³/mol. The van der Waals surface area contributed by atoms with Crippen molar-refractivity contribution in [3.05, 3.63) is 12.7 Å². The van der Waals surface area contributed by atoms with Crippen molar-refractivity contribution >= 4 is 17.0 Å². The van der Waals surface area contributed by atoms with Crippen molar-refractivity contribution in [3.63, 3.8) is 0 Å². The maximum absolute atomic E-state index is 5.92. The number of imidazole rings is 1. The minimum atomic E-state index is 0.475. The molecule has 2 aromatic heterocycles. The van der Waals surface area contributed by atoms with Crippen molar-refractivity contribution in [1.29, 1.82) is 0 Å². The first-order valence-electron chi connectivity index (χ1n) is 9.20. The van der Waals surface area contributed by atoms with Gasteiger partial charge in [-0.1, -0.05) is 65.2 Å². The van der Waals surface area contributed by atoms with Crippen LogP contribution in [-0.4, -0.2) is 19.5 Å². The molecule has 0 radical (unpaired) electrons. The molecule has 0 aliphatic carbocycles. The van der Waals surface area contributed by atoms with Crippen molar-refractivity contribution in [2.24, 2.45) is 0 Å². The lowest BCUT2D eigenvalue weighted by Gasteiger charge is -2.19. The number of anilines is 1. The van der Waals surface area contributed by atoms with Crippen LogP contribution in [0.15, 0.2) is 12.7 Å². The average molecular weight is 317 g/mol. The minimum absolute atomic E-state index is 0.475. The largest absolute Gasteiger partial charge is 0.382 e. The molecule has 0 aliphatic rings. The van der Waals surface area contributed by atoms with Gasteiger partial charge in [0.05, 0.1) is 6.33 Å². The van der Waals surface area contributed by atoms with E-state index in [0.29, 0.717) is 11.9 Å². The summed E-state index contributed by atoms with van der Waals surface area (Å²) in [7, 11) is 0. The summed E-state index contributed by atoms with van der Waals surface area (Å²) in [5.41, 5.74) is 7.54. The quantitative estimate of drug-likeness (QED) is 0.599. The molecule has 0 aliphatic heterocycles. The monoisotopic (exact) mass is 317 g/mol. The zero-order chi connectivity index (χ0) is 16.5. The number of hydrogen-bond acceptors (Lipinski definition) is 4. The molecule has 1 unspecified atom stereocenters. The summed E-state index contributed by atoms with van der Waals surface area (Å²) in [5.74, 6) is 0.476. The first kappa shape index (κ1) is 17.7. The summed E-state index contributed by atoms with van der Waals surface area (Å²) in [5, 5.41) is 0. The van der Waals surface area contributed by atoms with E-state index in [4.69, 9.17) is 5.73 Å². The third kappa shape index (κ3) is 4.91. The van der Waals surface area contributed by atoms with Crippen molar-refractivity contribution in [1.82, 2.24) is 19.5 Å². The number of unbranched alkanes of at least 4 members (excludes halogenated alkanes) is 6. The van der Waals surface area contributed by atoms with Gasteiger partial charge in [0.15, 0.2) is 11.5 Å². The van der Waals surface area contributed by atoms with E-state index in [1.54, 1.807) is 6.33 Å². The molecule has 0 fully saturated rings. The van der Waals surface area contributed by atoms with E-state index in [0.717, 1.165) is 11.2 Å². The van der Waals surface area contributed by atoms with Gasteiger partial charge in [-0.2, -0.15) is 0 Å². The molecule has 23 heavy (non-hydrogen) atoms. The number of hydrogen-bond donors (Lipinski definition) is 1. The zero-order valence-electron chi connectivity index (χ0n) is 14.7. The van der Waals surface area contributed by atoms with E-state index in [1.807, 2.05) is 6.33 Å². The summed E-state index contributed by atoms with van der Waals surface area (Å²) in [6, 6.07) is 0.475. The van der Waals surface area contributed by atoms with Gasteiger partial charge in [0.1, 0.15) is 11.8 Å². The lowest BCUT2D eigenvalue weighted by molar-refractivity contribution is 0.403. The standard InChI is InChI=1S/C18H31N5/c1-3-5-7-8-10-12-15(11-9-6-4-2)23-14-22-16-17(19)20-13-21-18(16)23/h13-15H,3-12H2,1-2H3,(H2,19,20,21). The van der Waals surface area contributed by atoms with Gasteiger partial charge in [0.25, 0.3) is 0 Å². The van der Waals surface area contributed by atoms with E-state index >= 15 is 0 Å². The van der Waals surface area contributed by atoms with Crippen LogP contribution in [-0.2, 0) is 0 Å². The highest BCUT2D eigenvalue weighted by molar-refractivity contribution is 5.81. The van der Waals surface area contributed by atoms with Crippen LogP contribution in [0.3, 0.4) is 0 Å². The van der Waals surface area contributed by atoms with Crippen LogP contribution >= 0.6 is 0 Å². The fraction of sp³-hybridized carbons (Fsp3) is 0.722. The van der Waals surface area contributed by atoms with Crippen LogP contribution in [0.4, 0.5) is 5.82 Å². The van der Waals surface area contributed by atoms with Crippen LogP contribution in [0.25, 0.3) is 11.2 Å². The van der Waals surface area contributed by atoms with Gasteiger partial charge in [-0.25, -0.2) is 15.0 Å². The molecule has 2 rings (SSSR count). The Kier molecular flexibility index (Phi) is 7.30. The molecule has 5 nitrogen and oxygen atoms in total. The number of nitrogens with two attached hydrogens (primary N) is 1. The third-order valence-electron chi connectivity index (χ3n) is 4.56. The second-order valence-electron chi connectivity index (χ2n) is 6.44. The molecule has 2 aromatic rings. The Hall–Kier alpha value is -1.65. The molecule has 5 heteroatoms. The Morgan fingerprint density at radius 2 is 1.57 bits per heavy atom. The fourth-order valence-corrected chi connectivity index (χ4v) is 3.17. The molecular weight excluding hydrogens is 286 g/mol. The van der Waals surface area contributed by atoms with E-state index in [2.05, 4.69) is 33.4 Å². The molecule has 2 N–H and O–H groups in total. The highest BCUT2D eigenvalue weighted by Gasteiger charge is 2.16. The summed E-state index contributed by atoms with van der Waals surface area (Å²) < 4.78 is 2.23. The minimum Gasteiger partial charge on any atom is -0.382 e. The van der Waals surface area contributed by atoms with Gasteiger partial charge in [-0.05, 0) is 12.8 Å². The molecule has 0 amide bonds. The molecule has 0 bridgehead atoms. The first-order chi connectivity index (χ1) is 11.3. The maximum atomic E-state index is 5.92. The van der Waals surface area contributed by atoms with Gasteiger partial charge in [-0.15, -0.1) is 0 Å². The SMILES string of the molecule is CCCCCCCC(CCCCC)n1cnc2c(N)ncnc21. The average Bonchev–Trinajstić information content (AvgIpc) is 2.98. The smallest absolute Gasteiger partial charge is 0.165 e. The highest BCUT2D eigenvalue weighted by atomic mass is 15.1. The highest BCUT2D eigenvalue weighted by Crippen LogP contribution is 2.27. The Bertz CT molecular complexity index is 578. The topological polar surface area (TPSA) is 69.6 Å². The van der Waals surface area contributed by atoms with Gasteiger partial charge in [0, 0.05) is 6.04 Å². The Labute approximate surface area is 139 Å². The van der Waals surface area contributed by atoms with Crippen LogP contribution in [0.1, 0.15) is 84.1 Å². The Morgan fingerprint density at radius 3 is 2.30 bits per heavy atom. The number of aromatic nitrogens is 4.